The highest BCUT2D eigenvalue weighted by molar-refractivity contribution is 6.30. The second-order valence-corrected chi connectivity index (χ2v) is 10.1. The van der Waals surface area contributed by atoms with E-state index in [4.69, 9.17) is 16.3 Å². The van der Waals surface area contributed by atoms with E-state index in [0.717, 1.165) is 18.5 Å². The summed E-state index contributed by atoms with van der Waals surface area (Å²) in [6, 6.07) is 11.9. The molecule has 3 atom stereocenters. The van der Waals surface area contributed by atoms with E-state index in [1.54, 1.807) is 13.0 Å². The molecule has 3 aromatic rings. The predicted octanol–water partition coefficient (Wildman–Crippen LogP) is 4.33. The number of hydrogen-bond donors (Lipinski definition) is 2. The number of Topliss-reactive ketones (excluding diaryl/α,β-unsaturated/α-hetero) is 1. The van der Waals surface area contributed by atoms with E-state index in [-0.39, 0.29) is 54.9 Å². The third kappa shape index (κ3) is 7.03. The van der Waals surface area contributed by atoms with Crippen molar-refractivity contribution in [2.24, 2.45) is 11.8 Å². The predicted molar refractivity (Wildman–Crippen MR) is 141 cm³/mol. The van der Waals surface area contributed by atoms with Gasteiger partial charge in [0.15, 0.2) is 5.78 Å². The number of ether oxygens (including phenoxy) is 1. The van der Waals surface area contributed by atoms with Crippen LogP contribution in [0.25, 0.3) is 11.1 Å². The zero-order chi connectivity index (χ0) is 27.1. The average Bonchev–Trinajstić information content (AvgIpc) is 3.43. The van der Waals surface area contributed by atoms with E-state index >= 15 is 0 Å². The maximum Gasteiger partial charge on any atom is 0.310 e. The Morgan fingerprint density at radius 1 is 1.26 bits per heavy atom. The number of hydrogen-bond acceptors (Lipinski definition) is 7. The molecule has 38 heavy (non-hydrogen) atoms. The topological polar surface area (TPSA) is 108 Å². The minimum absolute atomic E-state index is 0.0431. The summed E-state index contributed by atoms with van der Waals surface area (Å²) in [7, 11) is 0. The molecular weight excluding hydrogens is 511 g/mol. The molecule has 0 aliphatic carbocycles. The lowest BCUT2D eigenvalue weighted by Gasteiger charge is -2.41. The van der Waals surface area contributed by atoms with Crippen LogP contribution < -0.4 is 0 Å². The average molecular weight is 543 g/mol. The number of aliphatic hydroxyl groups is 1. The Labute approximate surface area is 226 Å². The van der Waals surface area contributed by atoms with Gasteiger partial charge in [-0.25, -0.2) is 4.39 Å². The van der Waals surface area contributed by atoms with Crippen LogP contribution in [-0.2, 0) is 16.0 Å². The lowest BCUT2D eigenvalue weighted by Crippen LogP contribution is -2.52. The molecule has 8 nitrogen and oxygen atoms in total. The highest BCUT2D eigenvalue weighted by atomic mass is 35.5. The molecule has 0 unspecified atom stereocenters. The van der Waals surface area contributed by atoms with E-state index in [1.165, 1.54) is 18.3 Å². The molecule has 1 saturated heterocycles. The monoisotopic (exact) mass is 542 g/mol. The molecule has 2 aromatic carbocycles. The van der Waals surface area contributed by atoms with Crippen LogP contribution in [0, 0.1) is 17.7 Å². The summed E-state index contributed by atoms with van der Waals surface area (Å²) in [5, 5.41) is 20.2. The normalized spacial score (nSPS) is 17.0. The van der Waals surface area contributed by atoms with Crippen molar-refractivity contribution < 1.29 is 23.8 Å². The van der Waals surface area contributed by atoms with Gasteiger partial charge in [0, 0.05) is 36.1 Å². The van der Waals surface area contributed by atoms with Gasteiger partial charge in [0.2, 0.25) is 0 Å². The van der Waals surface area contributed by atoms with Gasteiger partial charge in [0.1, 0.15) is 11.5 Å². The maximum atomic E-state index is 14.3. The first-order chi connectivity index (χ1) is 18.4. The third-order valence-corrected chi connectivity index (χ3v) is 7.30. The van der Waals surface area contributed by atoms with Gasteiger partial charge >= 0.3 is 5.97 Å². The Bertz CT molecular complexity index is 1220. The van der Waals surface area contributed by atoms with E-state index in [2.05, 4.69) is 20.3 Å². The zero-order valence-corrected chi connectivity index (χ0v) is 22.0. The molecule has 1 fully saturated rings. The van der Waals surface area contributed by atoms with Crippen molar-refractivity contribution in [3.63, 3.8) is 0 Å². The van der Waals surface area contributed by atoms with Gasteiger partial charge < -0.3 is 9.84 Å². The second-order valence-electron chi connectivity index (χ2n) is 9.68. The van der Waals surface area contributed by atoms with Crippen LogP contribution in [0.4, 0.5) is 4.39 Å². The van der Waals surface area contributed by atoms with Gasteiger partial charge in [-0.05, 0) is 61.4 Å². The SMILES string of the molecule is CCOC(=O)[C@@H](C[C@H](CC(=O)c1cn[nH]n1)Cc1ccc(-c2cc(Cl)ccc2F)cc1)CN1CC[C@@H]1CO. The molecule has 0 saturated carbocycles. The van der Waals surface area contributed by atoms with E-state index < -0.39 is 5.92 Å². The lowest BCUT2D eigenvalue weighted by molar-refractivity contribution is -0.150. The van der Waals surface area contributed by atoms with E-state index in [0.29, 0.717) is 35.5 Å². The Balaban J connectivity index is 1.53. The standard InChI is InChI=1S/C28H32ClFN4O4/c1-2-38-28(37)21(16-34-10-9-23(34)17-35)12-19(13-27(36)26-15-31-33-32-26)11-18-3-5-20(6-4-18)24-14-22(29)7-8-25(24)30/h3-8,14-15,19,21,23,35H,2,9-13,16-17H2,1H3,(H,31,32,33)/t19-,21+,23-/m1/s1. The van der Waals surface area contributed by atoms with Gasteiger partial charge in [-0.1, -0.05) is 35.9 Å². The van der Waals surface area contributed by atoms with Gasteiger partial charge in [0.25, 0.3) is 0 Å². The summed E-state index contributed by atoms with van der Waals surface area (Å²) < 4.78 is 19.7. The van der Waals surface area contributed by atoms with Crippen molar-refractivity contribution in [1.82, 2.24) is 20.3 Å². The van der Waals surface area contributed by atoms with Gasteiger partial charge in [-0.15, -0.1) is 0 Å². The number of aromatic amines is 1. The fourth-order valence-electron chi connectivity index (χ4n) is 4.95. The summed E-state index contributed by atoms with van der Waals surface area (Å²) in [5.41, 5.74) is 2.31. The first kappa shape index (κ1) is 27.9. The number of aromatic nitrogens is 3. The Hall–Kier alpha value is -3.14. The highest BCUT2D eigenvalue weighted by Crippen LogP contribution is 2.30. The molecule has 202 valence electrons. The number of carbonyl (C=O) groups is 2. The number of ketones is 1. The number of likely N-dealkylation sites (tertiary alicyclic amines) is 1. The van der Waals surface area contributed by atoms with Crippen LogP contribution in [-0.4, -0.2) is 69.5 Å². The fraction of sp³-hybridized carbons (Fsp3) is 0.429. The van der Waals surface area contributed by atoms with E-state index in [1.807, 2.05) is 24.3 Å². The highest BCUT2D eigenvalue weighted by Gasteiger charge is 2.34. The molecule has 2 N–H and O–H groups in total. The Morgan fingerprint density at radius 3 is 2.68 bits per heavy atom. The minimum Gasteiger partial charge on any atom is -0.466 e. The van der Waals surface area contributed by atoms with Crippen LogP contribution in [0.3, 0.4) is 0 Å². The molecule has 0 amide bonds. The van der Waals surface area contributed by atoms with Crippen molar-refractivity contribution in [2.75, 3.05) is 26.3 Å². The fourth-order valence-corrected chi connectivity index (χ4v) is 5.12. The molecule has 2 heterocycles. The first-order valence-electron chi connectivity index (χ1n) is 12.8. The number of benzene rings is 2. The second kappa shape index (κ2) is 13.1. The number of aliphatic hydroxyl groups excluding tert-OH is 1. The molecular formula is C28H32ClFN4O4. The first-order valence-corrected chi connectivity index (χ1v) is 13.2. The minimum atomic E-state index is -0.445. The number of nitrogens with one attached hydrogen (secondary N) is 1. The molecule has 1 aliphatic rings. The summed E-state index contributed by atoms with van der Waals surface area (Å²) in [5.74, 6) is -1.46. The molecule has 0 radical (unpaired) electrons. The van der Waals surface area contributed by atoms with Crippen LogP contribution in [0.2, 0.25) is 5.02 Å². The largest absolute Gasteiger partial charge is 0.466 e. The summed E-state index contributed by atoms with van der Waals surface area (Å²) in [6.45, 7) is 3.36. The van der Waals surface area contributed by atoms with Crippen molar-refractivity contribution >= 4 is 23.4 Å². The summed E-state index contributed by atoms with van der Waals surface area (Å²) >= 11 is 6.06. The maximum absolute atomic E-state index is 14.3. The number of nitrogens with zero attached hydrogens (tertiary/aromatic N) is 3. The number of rotatable bonds is 13. The quantitative estimate of drug-likeness (QED) is 0.244. The van der Waals surface area contributed by atoms with Crippen molar-refractivity contribution in [1.29, 1.82) is 0 Å². The van der Waals surface area contributed by atoms with Crippen molar-refractivity contribution in [3.05, 3.63) is 70.8 Å². The Kier molecular flexibility index (Phi) is 9.60. The zero-order valence-electron chi connectivity index (χ0n) is 21.3. The third-order valence-electron chi connectivity index (χ3n) is 7.06. The molecule has 1 aliphatic heterocycles. The number of H-pyrrole nitrogens is 1. The van der Waals surface area contributed by atoms with Crippen LogP contribution in [0.5, 0.6) is 0 Å². The van der Waals surface area contributed by atoms with Gasteiger partial charge in [0.05, 0.1) is 25.3 Å². The number of carbonyl (C=O) groups excluding carboxylic acids is 2. The van der Waals surface area contributed by atoms with Crippen molar-refractivity contribution in [2.45, 2.75) is 38.6 Å². The molecule has 0 spiro atoms. The van der Waals surface area contributed by atoms with Crippen LogP contribution in [0.1, 0.15) is 42.2 Å². The summed E-state index contributed by atoms with van der Waals surface area (Å²) in [4.78, 5) is 27.9. The lowest BCUT2D eigenvalue weighted by atomic mass is 9.84. The smallest absolute Gasteiger partial charge is 0.310 e. The number of esters is 1. The van der Waals surface area contributed by atoms with E-state index in [9.17, 15) is 19.1 Å². The van der Waals surface area contributed by atoms with Gasteiger partial charge in [-0.3, -0.25) is 14.5 Å². The Morgan fingerprint density at radius 2 is 2.05 bits per heavy atom. The van der Waals surface area contributed by atoms with Gasteiger partial charge in [-0.2, -0.15) is 15.4 Å². The number of halogens is 2. The molecule has 0 bridgehead atoms. The molecule has 4 rings (SSSR count). The molecule has 10 heteroatoms. The van der Waals surface area contributed by atoms with Crippen LogP contribution in [0.15, 0.2) is 48.7 Å². The molecule has 1 aromatic heterocycles. The van der Waals surface area contributed by atoms with Crippen molar-refractivity contribution in [3.8, 4) is 11.1 Å². The van der Waals surface area contributed by atoms with Crippen LogP contribution >= 0.6 is 11.6 Å². The summed E-state index contributed by atoms with van der Waals surface area (Å²) in [6.07, 6.45) is 3.42.